The molecule has 0 aliphatic rings. The van der Waals surface area contributed by atoms with Crippen molar-refractivity contribution in [2.75, 3.05) is 23.8 Å². The molecule has 2 amide bonds. The fraction of sp³-hybridized carbons (Fsp3) is 0.300. The highest BCUT2D eigenvalue weighted by molar-refractivity contribution is 6.34. The van der Waals surface area contributed by atoms with Crippen molar-refractivity contribution in [2.24, 2.45) is 0 Å². The highest BCUT2D eigenvalue weighted by Crippen LogP contribution is 2.37. The standard InChI is InChI=1S/C20H22Cl2N2O4/c1-4-8-28-19-16(22)9-13(10-18(19)27-5-2)20(26)24-17-7-6-14(11-15(17)21)23-12(3)25/h6-7,9-11H,4-5,8H2,1-3H3,(H,23,25)(H,24,26). The maximum Gasteiger partial charge on any atom is 0.255 e. The van der Waals surface area contributed by atoms with E-state index in [1.807, 2.05) is 13.8 Å². The molecular formula is C20H22Cl2N2O4. The van der Waals surface area contributed by atoms with Gasteiger partial charge in [0.1, 0.15) is 0 Å². The summed E-state index contributed by atoms with van der Waals surface area (Å²) in [5.41, 5.74) is 1.25. The van der Waals surface area contributed by atoms with E-state index in [1.165, 1.54) is 13.0 Å². The summed E-state index contributed by atoms with van der Waals surface area (Å²) < 4.78 is 11.2. The van der Waals surface area contributed by atoms with Crippen LogP contribution in [0.1, 0.15) is 37.6 Å². The van der Waals surface area contributed by atoms with Gasteiger partial charge in [-0.3, -0.25) is 9.59 Å². The molecule has 0 aliphatic heterocycles. The van der Waals surface area contributed by atoms with Crippen LogP contribution in [0.5, 0.6) is 11.5 Å². The van der Waals surface area contributed by atoms with E-state index >= 15 is 0 Å². The first-order chi connectivity index (χ1) is 13.3. The first-order valence-corrected chi connectivity index (χ1v) is 9.58. The highest BCUT2D eigenvalue weighted by atomic mass is 35.5. The van der Waals surface area contributed by atoms with Crippen molar-refractivity contribution in [3.8, 4) is 11.5 Å². The third kappa shape index (κ3) is 5.78. The van der Waals surface area contributed by atoms with Crippen LogP contribution in [-0.4, -0.2) is 25.0 Å². The van der Waals surface area contributed by atoms with Crippen molar-refractivity contribution >= 4 is 46.4 Å². The molecule has 0 bridgehead atoms. The topological polar surface area (TPSA) is 76.7 Å². The number of hydrogen-bond acceptors (Lipinski definition) is 4. The first kappa shape index (κ1) is 21.9. The second kappa shape index (κ2) is 10.2. The van der Waals surface area contributed by atoms with Gasteiger partial charge < -0.3 is 20.1 Å². The molecule has 0 spiro atoms. The van der Waals surface area contributed by atoms with Crippen LogP contribution in [-0.2, 0) is 4.79 Å². The van der Waals surface area contributed by atoms with E-state index in [1.54, 1.807) is 24.3 Å². The van der Waals surface area contributed by atoms with Gasteiger partial charge in [0, 0.05) is 18.2 Å². The van der Waals surface area contributed by atoms with Gasteiger partial charge in [-0.1, -0.05) is 30.1 Å². The van der Waals surface area contributed by atoms with E-state index in [9.17, 15) is 9.59 Å². The molecule has 28 heavy (non-hydrogen) atoms. The molecule has 0 saturated heterocycles. The molecule has 2 aromatic carbocycles. The molecule has 2 rings (SSSR count). The van der Waals surface area contributed by atoms with Crippen LogP contribution >= 0.6 is 23.2 Å². The zero-order valence-electron chi connectivity index (χ0n) is 15.9. The number of anilines is 2. The van der Waals surface area contributed by atoms with Gasteiger partial charge in [-0.2, -0.15) is 0 Å². The van der Waals surface area contributed by atoms with Gasteiger partial charge in [0.2, 0.25) is 5.91 Å². The van der Waals surface area contributed by atoms with Gasteiger partial charge >= 0.3 is 0 Å². The Bertz CT molecular complexity index is 872. The lowest BCUT2D eigenvalue weighted by Crippen LogP contribution is -2.13. The summed E-state index contributed by atoms with van der Waals surface area (Å²) >= 11 is 12.5. The highest BCUT2D eigenvalue weighted by Gasteiger charge is 2.17. The van der Waals surface area contributed by atoms with E-state index in [0.29, 0.717) is 46.7 Å². The van der Waals surface area contributed by atoms with E-state index in [4.69, 9.17) is 32.7 Å². The Morgan fingerprint density at radius 2 is 1.75 bits per heavy atom. The quantitative estimate of drug-likeness (QED) is 0.595. The Hall–Kier alpha value is -2.44. The van der Waals surface area contributed by atoms with Gasteiger partial charge in [0.05, 0.1) is 28.9 Å². The van der Waals surface area contributed by atoms with Crippen LogP contribution in [0.25, 0.3) is 0 Å². The van der Waals surface area contributed by atoms with Gasteiger partial charge in [-0.25, -0.2) is 0 Å². The summed E-state index contributed by atoms with van der Waals surface area (Å²) in [6, 6.07) is 7.90. The van der Waals surface area contributed by atoms with E-state index in [0.717, 1.165) is 6.42 Å². The first-order valence-electron chi connectivity index (χ1n) is 8.83. The number of halogens is 2. The molecular weight excluding hydrogens is 403 g/mol. The minimum atomic E-state index is -0.404. The molecule has 0 atom stereocenters. The van der Waals surface area contributed by atoms with Crippen LogP contribution < -0.4 is 20.1 Å². The summed E-state index contributed by atoms with van der Waals surface area (Å²) in [6.07, 6.45) is 0.817. The van der Waals surface area contributed by atoms with Crippen molar-refractivity contribution in [1.82, 2.24) is 0 Å². The average Bonchev–Trinajstić information content (AvgIpc) is 2.63. The molecule has 0 unspecified atom stereocenters. The molecule has 2 N–H and O–H groups in total. The Labute approximate surface area is 174 Å². The number of amides is 2. The number of hydrogen-bond donors (Lipinski definition) is 2. The number of carbonyl (C=O) groups excluding carboxylic acids is 2. The molecule has 6 nitrogen and oxygen atoms in total. The monoisotopic (exact) mass is 424 g/mol. The number of rotatable bonds is 8. The van der Waals surface area contributed by atoms with Crippen LogP contribution in [0, 0.1) is 0 Å². The number of carbonyl (C=O) groups is 2. The molecule has 0 aromatic heterocycles. The molecule has 0 heterocycles. The van der Waals surface area contributed by atoms with Gasteiger partial charge in [-0.05, 0) is 43.7 Å². The van der Waals surface area contributed by atoms with E-state index in [2.05, 4.69) is 10.6 Å². The van der Waals surface area contributed by atoms with Gasteiger partial charge in [-0.15, -0.1) is 0 Å². The van der Waals surface area contributed by atoms with Crippen LogP contribution in [0.2, 0.25) is 10.0 Å². The van der Waals surface area contributed by atoms with Crippen LogP contribution in [0.3, 0.4) is 0 Å². The minimum absolute atomic E-state index is 0.212. The van der Waals surface area contributed by atoms with Crippen molar-refractivity contribution in [1.29, 1.82) is 0 Å². The van der Waals surface area contributed by atoms with Crippen molar-refractivity contribution in [3.63, 3.8) is 0 Å². The maximum absolute atomic E-state index is 12.7. The summed E-state index contributed by atoms with van der Waals surface area (Å²) in [6.45, 7) is 6.11. The average molecular weight is 425 g/mol. The Kier molecular flexibility index (Phi) is 7.96. The zero-order valence-corrected chi connectivity index (χ0v) is 17.4. The number of benzene rings is 2. The third-order valence-corrected chi connectivity index (χ3v) is 4.15. The lowest BCUT2D eigenvalue weighted by molar-refractivity contribution is -0.114. The molecule has 8 heteroatoms. The Morgan fingerprint density at radius 3 is 2.36 bits per heavy atom. The number of ether oxygens (including phenoxy) is 2. The van der Waals surface area contributed by atoms with Crippen molar-refractivity contribution < 1.29 is 19.1 Å². The largest absolute Gasteiger partial charge is 0.490 e. The lowest BCUT2D eigenvalue weighted by Gasteiger charge is -2.15. The number of nitrogens with one attached hydrogen (secondary N) is 2. The fourth-order valence-corrected chi connectivity index (χ4v) is 2.89. The second-order valence-electron chi connectivity index (χ2n) is 5.90. The van der Waals surface area contributed by atoms with Gasteiger partial charge in [0.25, 0.3) is 5.91 Å². The smallest absolute Gasteiger partial charge is 0.255 e. The maximum atomic E-state index is 12.7. The van der Waals surface area contributed by atoms with Crippen molar-refractivity contribution in [2.45, 2.75) is 27.2 Å². The summed E-state index contributed by atoms with van der Waals surface area (Å²) in [4.78, 5) is 23.8. The molecule has 0 radical (unpaired) electrons. The fourth-order valence-electron chi connectivity index (χ4n) is 2.40. The summed E-state index contributed by atoms with van der Waals surface area (Å²) in [5, 5.41) is 5.93. The predicted molar refractivity (Wildman–Crippen MR) is 112 cm³/mol. The zero-order chi connectivity index (χ0) is 20.7. The van der Waals surface area contributed by atoms with Crippen LogP contribution in [0.4, 0.5) is 11.4 Å². The van der Waals surface area contributed by atoms with E-state index < -0.39 is 5.91 Å². The second-order valence-corrected chi connectivity index (χ2v) is 6.71. The normalized spacial score (nSPS) is 10.3. The van der Waals surface area contributed by atoms with Gasteiger partial charge in [0.15, 0.2) is 11.5 Å². The summed E-state index contributed by atoms with van der Waals surface area (Å²) in [7, 11) is 0. The predicted octanol–water partition coefficient (Wildman–Crippen LogP) is 5.39. The third-order valence-electron chi connectivity index (χ3n) is 3.56. The molecule has 0 fully saturated rings. The molecule has 2 aromatic rings. The Balaban J connectivity index is 2.25. The summed E-state index contributed by atoms with van der Waals surface area (Å²) in [5.74, 6) is 0.204. The molecule has 0 aliphatic carbocycles. The molecule has 0 saturated carbocycles. The van der Waals surface area contributed by atoms with Crippen molar-refractivity contribution in [3.05, 3.63) is 45.9 Å². The lowest BCUT2D eigenvalue weighted by atomic mass is 10.1. The van der Waals surface area contributed by atoms with E-state index in [-0.39, 0.29) is 10.9 Å². The minimum Gasteiger partial charge on any atom is -0.490 e. The SMILES string of the molecule is CCCOc1c(Cl)cc(C(=O)Nc2ccc(NC(C)=O)cc2Cl)cc1OCC. The molecule has 150 valence electrons. The van der Waals surface area contributed by atoms with Crippen LogP contribution in [0.15, 0.2) is 30.3 Å². The Morgan fingerprint density at radius 1 is 1.00 bits per heavy atom.